The number of hydrogen-bond donors (Lipinski definition) is 0. The molecule has 1 fully saturated rings. The van der Waals surface area contributed by atoms with E-state index in [-0.39, 0.29) is 5.41 Å². The Labute approximate surface area is 181 Å². The Balaban J connectivity index is 1.37. The van der Waals surface area contributed by atoms with Gasteiger partial charge in [-0.15, -0.1) is 21.5 Å². The number of sulfonamides is 1. The van der Waals surface area contributed by atoms with Gasteiger partial charge in [0.15, 0.2) is 0 Å². The molecule has 4 rings (SSSR count). The zero-order valence-corrected chi connectivity index (χ0v) is 19.0. The summed E-state index contributed by atoms with van der Waals surface area (Å²) in [6.07, 6.45) is 0. The van der Waals surface area contributed by atoms with E-state index in [2.05, 4.69) is 35.9 Å². The van der Waals surface area contributed by atoms with Gasteiger partial charge in [-0.1, -0.05) is 39.0 Å². The second-order valence-electron chi connectivity index (χ2n) is 8.43. The zero-order valence-electron chi connectivity index (χ0n) is 17.4. The smallest absolute Gasteiger partial charge is 0.257 e. The van der Waals surface area contributed by atoms with Crippen LogP contribution in [-0.2, 0) is 22.0 Å². The highest BCUT2D eigenvalue weighted by Crippen LogP contribution is 2.26. The molecule has 0 N–H and O–H groups in total. The standard InChI is InChI=1S/C21H26N4O3S2/c1-21(2,3)16-6-8-17(9-7-16)30(26,27)25-12-10-24(11-13-25)15-19-22-23-20(28-19)18-5-4-14-29-18/h4-9,14H,10-13,15H2,1-3H3. The Morgan fingerprint density at radius 3 is 2.33 bits per heavy atom. The van der Waals surface area contributed by atoms with Gasteiger partial charge in [-0.25, -0.2) is 8.42 Å². The van der Waals surface area contributed by atoms with Gasteiger partial charge in [-0.2, -0.15) is 4.31 Å². The van der Waals surface area contributed by atoms with Crippen LogP contribution in [0, 0.1) is 0 Å². The van der Waals surface area contributed by atoms with E-state index in [1.807, 2.05) is 29.6 Å². The maximum Gasteiger partial charge on any atom is 0.257 e. The minimum Gasteiger partial charge on any atom is -0.419 e. The first-order valence-corrected chi connectivity index (χ1v) is 12.2. The fourth-order valence-corrected chi connectivity index (χ4v) is 5.48. The molecule has 0 amide bonds. The van der Waals surface area contributed by atoms with Crippen molar-refractivity contribution in [3.8, 4) is 10.8 Å². The maximum absolute atomic E-state index is 13.0. The molecule has 0 aliphatic carbocycles. The Morgan fingerprint density at radius 1 is 1.03 bits per heavy atom. The molecule has 1 aliphatic heterocycles. The second kappa shape index (κ2) is 8.22. The van der Waals surface area contributed by atoms with Gasteiger partial charge in [-0.05, 0) is 34.6 Å². The zero-order chi connectivity index (χ0) is 21.4. The van der Waals surface area contributed by atoms with Gasteiger partial charge < -0.3 is 4.42 Å². The lowest BCUT2D eigenvalue weighted by Crippen LogP contribution is -2.48. The van der Waals surface area contributed by atoms with E-state index in [4.69, 9.17) is 4.42 Å². The third kappa shape index (κ3) is 4.49. The number of hydrogen-bond acceptors (Lipinski definition) is 7. The summed E-state index contributed by atoms with van der Waals surface area (Å²) in [6, 6.07) is 11.1. The second-order valence-corrected chi connectivity index (χ2v) is 11.3. The average molecular weight is 447 g/mol. The summed E-state index contributed by atoms with van der Waals surface area (Å²) < 4.78 is 33.3. The SMILES string of the molecule is CC(C)(C)c1ccc(S(=O)(=O)N2CCN(Cc3nnc(-c4cccs4)o3)CC2)cc1. The third-order valence-electron chi connectivity index (χ3n) is 5.25. The summed E-state index contributed by atoms with van der Waals surface area (Å²) in [4.78, 5) is 3.43. The summed E-state index contributed by atoms with van der Waals surface area (Å²) in [7, 11) is -3.49. The highest BCUT2D eigenvalue weighted by molar-refractivity contribution is 7.89. The fourth-order valence-electron chi connectivity index (χ4n) is 3.41. The Morgan fingerprint density at radius 2 is 1.73 bits per heavy atom. The first-order valence-electron chi connectivity index (χ1n) is 9.93. The van der Waals surface area contributed by atoms with Crippen LogP contribution >= 0.6 is 11.3 Å². The van der Waals surface area contributed by atoms with Crippen LogP contribution in [0.1, 0.15) is 32.2 Å². The molecule has 0 spiro atoms. The molecule has 3 aromatic rings. The fraction of sp³-hybridized carbons (Fsp3) is 0.429. The number of benzene rings is 1. The van der Waals surface area contributed by atoms with E-state index in [9.17, 15) is 8.42 Å². The van der Waals surface area contributed by atoms with Gasteiger partial charge in [0.25, 0.3) is 5.89 Å². The van der Waals surface area contributed by atoms with E-state index in [1.165, 1.54) is 0 Å². The summed E-state index contributed by atoms with van der Waals surface area (Å²) in [5.74, 6) is 1.08. The molecule has 9 heteroatoms. The molecule has 1 aromatic carbocycles. The number of rotatable bonds is 5. The van der Waals surface area contributed by atoms with Crippen LogP contribution in [0.4, 0.5) is 0 Å². The van der Waals surface area contributed by atoms with Crippen LogP contribution in [0.2, 0.25) is 0 Å². The van der Waals surface area contributed by atoms with Crippen molar-refractivity contribution in [1.82, 2.24) is 19.4 Å². The minimum atomic E-state index is -3.49. The molecule has 7 nitrogen and oxygen atoms in total. The van der Waals surface area contributed by atoms with Gasteiger partial charge in [0, 0.05) is 26.2 Å². The lowest BCUT2D eigenvalue weighted by Gasteiger charge is -2.33. The van der Waals surface area contributed by atoms with Gasteiger partial charge in [0.1, 0.15) is 0 Å². The van der Waals surface area contributed by atoms with Gasteiger partial charge in [0.2, 0.25) is 15.9 Å². The van der Waals surface area contributed by atoms with Gasteiger partial charge in [0.05, 0.1) is 16.3 Å². The highest BCUT2D eigenvalue weighted by Gasteiger charge is 2.29. The quantitative estimate of drug-likeness (QED) is 0.596. The highest BCUT2D eigenvalue weighted by atomic mass is 32.2. The molecular formula is C21H26N4O3S2. The molecule has 3 heterocycles. The van der Waals surface area contributed by atoms with Crippen molar-refractivity contribution < 1.29 is 12.8 Å². The molecule has 0 unspecified atom stereocenters. The van der Waals surface area contributed by atoms with E-state index in [0.717, 1.165) is 10.4 Å². The molecular weight excluding hydrogens is 420 g/mol. The van der Waals surface area contributed by atoms with Crippen molar-refractivity contribution in [2.75, 3.05) is 26.2 Å². The van der Waals surface area contributed by atoms with Crippen LogP contribution in [0.3, 0.4) is 0 Å². The summed E-state index contributed by atoms with van der Waals surface area (Å²) in [5, 5.41) is 10.2. The number of nitrogens with zero attached hydrogens (tertiary/aromatic N) is 4. The van der Waals surface area contributed by atoms with Crippen molar-refractivity contribution >= 4 is 21.4 Å². The van der Waals surface area contributed by atoms with Crippen LogP contribution in [0.15, 0.2) is 51.1 Å². The Bertz CT molecular complexity index is 1080. The number of aromatic nitrogens is 2. The van der Waals surface area contributed by atoms with Crippen LogP contribution in [0.25, 0.3) is 10.8 Å². The van der Waals surface area contributed by atoms with Crippen molar-refractivity contribution in [2.24, 2.45) is 0 Å². The van der Waals surface area contributed by atoms with Gasteiger partial charge >= 0.3 is 0 Å². The molecule has 30 heavy (non-hydrogen) atoms. The monoisotopic (exact) mass is 446 g/mol. The third-order valence-corrected chi connectivity index (χ3v) is 8.02. The van der Waals surface area contributed by atoms with E-state index >= 15 is 0 Å². The number of piperazine rings is 1. The molecule has 0 atom stereocenters. The van der Waals surface area contributed by atoms with Gasteiger partial charge in [-0.3, -0.25) is 4.90 Å². The predicted molar refractivity (Wildman–Crippen MR) is 117 cm³/mol. The van der Waals surface area contributed by atoms with Crippen LogP contribution < -0.4 is 0 Å². The molecule has 160 valence electrons. The predicted octanol–water partition coefficient (Wildman–Crippen LogP) is 3.60. The molecule has 0 bridgehead atoms. The first-order chi connectivity index (χ1) is 14.2. The van der Waals surface area contributed by atoms with Crippen molar-refractivity contribution in [3.63, 3.8) is 0 Å². The van der Waals surface area contributed by atoms with E-state index in [0.29, 0.717) is 49.4 Å². The minimum absolute atomic E-state index is 0.00791. The van der Waals surface area contributed by atoms with Crippen molar-refractivity contribution in [1.29, 1.82) is 0 Å². The van der Waals surface area contributed by atoms with Crippen molar-refractivity contribution in [3.05, 3.63) is 53.2 Å². The summed E-state index contributed by atoms with van der Waals surface area (Å²) in [5.41, 5.74) is 1.11. The Hall–Kier alpha value is -2.07. The van der Waals surface area contributed by atoms with Crippen molar-refractivity contribution in [2.45, 2.75) is 37.6 Å². The van der Waals surface area contributed by atoms with Crippen LogP contribution in [-0.4, -0.2) is 54.0 Å². The molecule has 0 saturated carbocycles. The average Bonchev–Trinajstić information content (AvgIpc) is 3.40. The van der Waals surface area contributed by atoms with E-state index in [1.54, 1.807) is 27.8 Å². The summed E-state index contributed by atoms with van der Waals surface area (Å²) in [6.45, 7) is 8.98. The topological polar surface area (TPSA) is 79.5 Å². The molecule has 1 saturated heterocycles. The lowest BCUT2D eigenvalue weighted by molar-refractivity contribution is 0.168. The Kier molecular flexibility index (Phi) is 5.80. The lowest BCUT2D eigenvalue weighted by atomic mass is 9.87. The van der Waals surface area contributed by atoms with Crippen LogP contribution in [0.5, 0.6) is 0 Å². The van der Waals surface area contributed by atoms with E-state index < -0.39 is 10.0 Å². The number of thiophene rings is 1. The normalized spacial score (nSPS) is 16.8. The largest absolute Gasteiger partial charge is 0.419 e. The molecule has 2 aromatic heterocycles. The molecule has 1 aliphatic rings. The molecule has 0 radical (unpaired) electrons. The summed E-state index contributed by atoms with van der Waals surface area (Å²) >= 11 is 1.56. The maximum atomic E-state index is 13.0. The first kappa shape index (κ1) is 21.2.